The molecule has 0 aliphatic heterocycles. The molecule has 0 aromatic heterocycles. The summed E-state index contributed by atoms with van der Waals surface area (Å²) in [6.45, 7) is 0.327. The van der Waals surface area contributed by atoms with E-state index in [1.807, 2.05) is 12.1 Å². The number of hydrogen-bond donors (Lipinski definition) is 2. The molecule has 0 bridgehead atoms. The molecule has 1 aromatic carbocycles. The summed E-state index contributed by atoms with van der Waals surface area (Å²) < 4.78 is 0. The van der Waals surface area contributed by atoms with Crippen molar-refractivity contribution in [2.75, 3.05) is 6.54 Å². The molecule has 15 heavy (non-hydrogen) atoms. The molecule has 0 saturated heterocycles. The predicted octanol–water partition coefficient (Wildman–Crippen LogP) is 2.28. The van der Waals surface area contributed by atoms with E-state index in [0.717, 1.165) is 5.56 Å². The van der Waals surface area contributed by atoms with Crippen LogP contribution in [-0.2, 0) is 4.79 Å². The third kappa shape index (κ3) is 4.51. The van der Waals surface area contributed by atoms with Gasteiger partial charge in [0.25, 0.3) is 0 Å². The fourth-order valence-corrected chi connectivity index (χ4v) is 1.41. The Kier molecular flexibility index (Phi) is 6.32. The number of aliphatic carboxylic acids is 1. The molecule has 0 heterocycles. The normalized spacial score (nSPS) is 11.6. The average molecular weight is 250 g/mol. The second-order valence-corrected chi connectivity index (χ2v) is 3.52. The highest BCUT2D eigenvalue weighted by Crippen LogP contribution is 2.20. The van der Waals surface area contributed by atoms with Gasteiger partial charge in [0.2, 0.25) is 0 Å². The smallest absolute Gasteiger partial charge is 0.304 e. The maximum Gasteiger partial charge on any atom is 0.304 e. The molecule has 0 amide bonds. The van der Waals surface area contributed by atoms with Crippen LogP contribution in [0.5, 0.6) is 0 Å². The second-order valence-electron chi connectivity index (χ2n) is 3.08. The summed E-state index contributed by atoms with van der Waals surface area (Å²) in [5, 5.41) is 9.29. The Bertz CT molecular complexity index is 314. The third-order valence-electron chi connectivity index (χ3n) is 2.05. The first kappa shape index (κ1) is 14.2. The quantitative estimate of drug-likeness (QED) is 0.861. The Hall–Kier alpha value is -0.770. The van der Waals surface area contributed by atoms with Crippen LogP contribution in [0.2, 0.25) is 5.02 Å². The Morgan fingerprint density at radius 1 is 1.40 bits per heavy atom. The van der Waals surface area contributed by atoms with Crippen molar-refractivity contribution in [2.45, 2.75) is 12.3 Å². The van der Waals surface area contributed by atoms with E-state index < -0.39 is 5.97 Å². The van der Waals surface area contributed by atoms with Gasteiger partial charge in [-0.15, -0.1) is 12.4 Å². The van der Waals surface area contributed by atoms with Crippen LogP contribution < -0.4 is 5.73 Å². The minimum atomic E-state index is -0.838. The van der Waals surface area contributed by atoms with E-state index in [9.17, 15) is 4.79 Å². The molecular formula is C10H13Cl2NO2. The molecule has 0 fully saturated rings. The second kappa shape index (κ2) is 6.67. The van der Waals surface area contributed by atoms with Gasteiger partial charge in [-0.3, -0.25) is 4.79 Å². The van der Waals surface area contributed by atoms with Crippen LogP contribution in [0.4, 0.5) is 0 Å². The number of carboxylic acids is 1. The highest BCUT2D eigenvalue weighted by atomic mass is 35.5. The molecule has 0 saturated carbocycles. The Morgan fingerprint density at radius 2 is 1.93 bits per heavy atom. The highest BCUT2D eigenvalue weighted by molar-refractivity contribution is 6.30. The average Bonchev–Trinajstić information content (AvgIpc) is 2.15. The fraction of sp³-hybridized carbons (Fsp3) is 0.300. The van der Waals surface area contributed by atoms with Gasteiger partial charge >= 0.3 is 5.97 Å². The lowest BCUT2D eigenvalue weighted by molar-refractivity contribution is -0.137. The number of rotatable bonds is 4. The van der Waals surface area contributed by atoms with Crippen molar-refractivity contribution in [3.63, 3.8) is 0 Å². The summed E-state index contributed by atoms with van der Waals surface area (Å²) in [6.07, 6.45) is 0.0537. The largest absolute Gasteiger partial charge is 0.481 e. The van der Waals surface area contributed by atoms with Crippen LogP contribution >= 0.6 is 24.0 Å². The Labute approximate surface area is 99.6 Å². The zero-order valence-corrected chi connectivity index (χ0v) is 9.59. The van der Waals surface area contributed by atoms with Gasteiger partial charge in [0, 0.05) is 10.9 Å². The Balaban J connectivity index is 0.00000196. The molecule has 5 heteroatoms. The number of halogens is 2. The van der Waals surface area contributed by atoms with E-state index in [4.69, 9.17) is 22.4 Å². The van der Waals surface area contributed by atoms with Crippen molar-refractivity contribution in [1.82, 2.24) is 0 Å². The number of nitrogens with two attached hydrogens (primary N) is 1. The molecule has 0 spiro atoms. The van der Waals surface area contributed by atoms with Crippen molar-refractivity contribution in [3.8, 4) is 0 Å². The number of hydrogen-bond acceptors (Lipinski definition) is 2. The number of carboxylic acid groups (broad SMARTS) is 1. The lowest BCUT2D eigenvalue weighted by Crippen LogP contribution is -2.16. The molecule has 3 nitrogen and oxygen atoms in total. The molecule has 1 atom stereocenters. The first-order chi connectivity index (χ1) is 6.63. The van der Waals surface area contributed by atoms with E-state index in [1.165, 1.54) is 0 Å². The van der Waals surface area contributed by atoms with Gasteiger partial charge in [0.05, 0.1) is 6.42 Å². The van der Waals surface area contributed by atoms with Crippen molar-refractivity contribution in [3.05, 3.63) is 34.9 Å². The number of benzene rings is 1. The molecule has 0 unspecified atom stereocenters. The van der Waals surface area contributed by atoms with Crippen molar-refractivity contribution in [2.24, 2.45) is 5.73 Å². The van der Waals surface area contributed by atoms with Crippen molar-refractivity contribution in [1.29, 1.82) is 0 Å². The topological polar surface area (TPSA) is 63.3 Å². The number of carbonyl (C=O) groups is 1. The maximum absolute atomic E-state index is 10.5. The molecule has 1 rings (SSSR count). The third-order valence-corrected chi connectivity index (χ3v) is 2.30. The van der Waals surface area contributed by atoms with Gasteiger partial charge in [-0.2, -0.15) is 0 Å². The first-order valence-electron chi connectivity index (χ1n) is 4.31. The lowest BCUT2D eigenvalue weighted by Gasteiger charge is -2.12. The molecule has 84 valence electrons. The van der Waals surface area contributed by atoms with Crippen LogP contribution in [0.25, 0.3) is 0 Å². The van der Waals surface area contributed by atoms with Gasteiger partial charge in [-0.05, 0) is 24.2 Å². The van der Waals surface area contributed by atoms with E-state index >= 15 is 0 Å². The van der Waals surface area contributed by atoms with E-state index in [1.54, 1.807) is 12.1 Å². The van der Waals surface area contributed by atoms with Crippen LogP contribution in [0.1, 0.15) is 17.9 Å². The SMILES string of the molecule is Cl.NC[C@@H](CC(=O)O)c1ccc(Cl)cc1. The van der Waals surface area contributed by atoms with E-state index in [2.05, 4.69) is 0 Å². The van der Waals surface area contributed by atoms with Crippen molar-refractivity contribution < 1.29 is 9.90 Å². The van der Waals surface area contributed by atoms with Crippen molar-refractivity contribution >= 4 is 30.0 Å². The lowest BCUT2D eigenvalue weighted by atomic mass is 9.96. The summed E-state index contributed by atoms with van der Waals surface area (Å²) in [5.41, 5.74) is 6.41. The zero-order chi connectivity index (χ0) is 10.6. The van der Waals surface area contributed by atoms with Crippen LogP contribution in [-0.4, -0.2) is 17.6 Å². The molecule has 3 N–H and O–H groups in total. The minimum absolute atomic E-state index is 0. The van der Waals surface area contributed by atoms with Gasteiger partial charge < -0.3 is 10.8 Å². The van der Waals surface area contributed by atoms with E-state index in [0.29, 0.717) is 11.6 Å². The summed E-state index contributed by atoms with van der Waals surface area (Å²) >= 11 is 5.72. The standard InChI is InChI=1S/C10H12ClNO2.ClH/c11-9-3-1-7(2-4-9)8(6-12)5-10(13)14;/h1-4,8H,5-6,12H2,(H,13,14);1H/t8-;/m1./s1. The van der Waals surface area contributed by atoms with Gasteiger partial charge in [0.1, 0.15) is 0 Å². The maximum atomic E-state index is 10.5. The summed E-state index contributed by atoms with van der Waals surface area (Å²) in [4.78, 5) is 10.5. The van der Waals surface area contributed by atoms with Crippen LogP contribution in [0.3, 0.4) is 0 Å². The summed E-state index contributed by atoms with van der Waals surface area (Å²) in [5.74, 6) is -0.972. The molecule has 1 aromatic rings. The van der Waals surface area contributed by atoms with Gasteiger partial charge in [0.15, 0.2) is 0 Å². The monoisotopic (exact) mass is 249 g/mol. The molecule has 0 aliphatic rings. The van der Waals surface area contributed by atoms with E-state index in [-0.39, 0.29) is 24.7 Å². The fourth-order valence-electron chi connectivity index (χ4n) is 1.28. The Morgan fingerprint density at radius 3 is 2.33 bits per heavy atom. The molecule has 0 aliphatic carbocycles. The highest BCUT2D eigenvalue weighted by Gasteiger charge is 2.13. The van der Waals surface area contributed by atoms with Crippen LogP contribution in [0.15, 0.2) is 24.3 Å². The summed E-state index contributed by atoms with van der Waals surface area (Å²) in [6, 6.07) is 7.09. The van der Waals surface area contributed by atoms with Gasteiger partial charge in [-0.1, -0.05) is 23.7 Å². The summed E-state index contributed by atoms with van der Waals surface area (Å²) in [7, 11) is 0. The minimum Gasteiger partial charge on any atom is -0.481 e. The predicted molar refractivity (Wildman–Crippen MR) is 62.7 cm³/mol. The van der Waals surface area contributed by atoms with Gasteiger partial charge in [-0.25, -0.2) is 0 Å². The van der Waals surface area contributed by atoms with Crippen LogP contribution in [0, 0.1) is 0 Å². The zero-order valence-electron chi connectivity index (χ0n) is 8.02. The first-order valence-corrected chi connectivity index (χ1v) is 4.68. The molecule has 0 radical (unpaired) electrons. The molecular weight excluding hydrogens is 237 g/mol.